The van der Waals surface area contributed by atoms with E-state index in [1.54, 1.807) is 0 Å². The molecule has 0 amide bonds. The molecule has 3 rings (SSSR count). The summed E-state index contributed by atoms with van der Waals surface area (Å²) < 4.78 is 22.4. The first-order valence-corrected chi connectivity index (χ1v) is 10.4. The normalized spacial score (nSPS) is 18.9. The molecule has 7 nitrogen and oxygen atoms in total. The SMILES string of the molecule is CCNC(=NCc1cc(Cl)c2c(c1)OCCO2)NCCCOCC1CCCO1. The number of guanidine groups is 1. The van der Waals surface area contributed by atoms with E-state index in [1.165, 1.54) is 0 Å². The van der Waals surface area contributed by atoms with Crippen LogP contribution < -0.4 is 20.1 Å². The average Bonchev–Trinajstić information content (AvgIpc) is 3.22. The summed E-state index contributed by atoms with van der Waals surface area (Å²) in [5.41, 5.74) is 0.978. The Morgan fingerprint density at radius 2 is 2.14 bits per heavy atom. The van der Waals surface area contributed by atoms with E-state index in [4.69, 9.17) is 30.5 Å². The lowest BCUT2D eigenvalue weighted by Crippen LogP contribution is -2.38. The lowest BCUT2D eigenvalue weighted by Gasteiger charge is -2.20. The summed E-state index contributed by atoms with van der Waals surface area (Å²) in [5.74, 6) is 2.08. The second-order valence-corrected chi connectivity index (χ2v) is 7.19. The Hall–Kier alpha value is -1.70. The number of fused-ring (bicyclic) bond motifs is 1. The predicted molar refractivity (Wildman–Crippen MR) is 110 cm³/mol. The largest absolute Gasteiger partial charge is 0.486 e. The molecule has 2 aliphatic heterocycles. The first kappa shape index (κ1) is 21.0. The van der Waals surface area contributed by atoms with Crippen molar-refractivity contribution in [2.75, 3.05) is 46.1 Å². The molecule has 2 heterocycles. The van der Waals surface area contributed by atoms with Gasteiger partial charge in [0.05, 0.1) is 24.3 Å². The molecule has 0 spiro atoms. The van der Waals surface area contributed by atoms with Crippen LogP contribution in [0.15, 0.2) is 17.1 Å². The van der Waals surface area contributed by atoms with Gasteiger partial charge in [-0.25, -0.2) is 4.99 Å². The first-order chi connectivity index (χ1) is 13.8. The Labute approximate surface area is 171 Å². The number of hydrogen-bond donors (Lipinski definition) is 2. The van der Waals surface area contributed by atoms with Crippen LogP contribution in [0.1, 0.15) is 31.7 Å². The molecule has 1 saturated heterocycles. The number of rotatable bonds is 9. The van der Waals surface area contributed by atoms with E-state index in [0.29, 0.717) is 49.5 Å². The maximum Gasteiger partial charge on any atom is 0.191 e. The van der Waals surface area contributed by atoms with Gasteiger partial charge in [-0.1, -0.05) is 11.6 Å². The molecule has 1 atom stereocenters. The minimum Gasteiger partial charge on any atom is -0.486 e. The monoisotopic (exact) mass is 411 g/mol. The zero-order chi connectivity index (χ0) is 19.6. The van der Waals surface area contributed by atoms with Crippen LogP contribution >= 0.6 is 11.6 Å². The van der Waals surface area contributed by atoms with E-state index in [0.717, 1.165) is 50.5 Å². The first-order valence-electron chi connectivity index (χ1n) is 10.1. The van der Waals surface area contributed by atoms with Crippen LogP contribution in [0.4, 0.5) is 0 Å². The van der Waals surface area contributed by atoms with Crippen molar-refractivity contribution in [1.82, 2.24) is 10.6 Å². The van der Waals surface area contributed by atoms with Crippen LogP contribution in [0.25, 0.3) is 0 Å². The zero-order valence-electron chi connectivity index (χ0n) is 16.5. The van der Waals surface area contributed by atoms with Crippen LogP contribution in [0, 0.1) is 0 Å². The molecule has 0 aliphatic carbocycles. The fraction of sp³-hybridized carbons (Fsp3) is 0.650. The molecule has 0 bridgehead atoms. The molecule has 2 aliphatic rings. The van der Waals surface area contributed by atoms with Crippen molar-refractivity contribution >= 4 is 17.6 Å². The Balaban J connectivity index is 1.42. The molecule has 1 unspecified atom stereocenters. The smallest absolute Gasteiger partial charge is 0.191 e. The third-order valence-corrected chi connectivity index (χ3v) is 4.79. The fourth-order valence-electron chi connectivity index (χ4n) is 3.14. The predicted octanol–water partition coefficient (Wildman–Crippen LogP) is 2.75. The van der Waals surface area contributed by atoms with Gasteiger partial charge >= 0.3 is 0 Å². The summed E-state index contributed by atoms with van der Waals surface area (Å²) in [6.45, 7) is 7.47. The van der Waals surface area contributed by atoms with Gasteiger partial charge in [-0.2, -0.15) is 0 Å². The van der Waals surface area contributed by atoms with Gasteiger partial charge in [0, 0.05) is 26.3 Å². The molecule has 1 aromatic carbocycles. The molecule has 0 saturated carbocycles. The number of benzene rings is 1. The third kappa shape index (κ3) is 6.43. The van der Waals surface area contributed by atoms with Crippen molar-refractivity contribution in [1.29, 1.82) is 0 Å². The standard InChI is InChI=1S/C20H30ClN3O4/c1-2-22-20(23-6-4-7-25-14-16-5-3-8-26-16)24-13-15-11-17(21)19-18(12-15)27-9-10-28-19/h11-12,16H,2-10,13-14H2,1H3,(H2,22,23,24). The van der Waals surface area contributed by atoms with Gasteiger partial charge < -0.3 is 29.6 Å². The molecule has 1 aromatic rings. The molecule has 1 fully saturated rings. The number of ether oxygens (including phenoxy) is 4. The molecule has 28 heavy (non-hydrogen) atoms. The van der Waals surface area contributed by atoms with Crippen LogP contribution in [-0.2, 0) is 16.0 Å². The minimum absolute atomic E-state index is 0.282. The van der Waals surface area contributed by atoms with Gasteiger partial charge in [0.1, 0.15) is 13.2 Å². The van der Waals surface area contributed by atoms with Crippen molar-refractivity contribution in [3.63, 3.8) is 0 Å². The van der Waals surface area contributed by atoms with Crippen molar-refractivity contribution in [3.8, 4) is 11.5 Å². The summed E-state index contributed by atoms with van der Waals surface area (Å²) >= 11 is 6.30. The lowest BCUT2D eigenvalue weighted by molar-refractivity contribution is 0.0168. The zero-order valence-corrected chi connectivity index (χ0v) is 17.2. The highest BCUT2D eigenvalue weighted by molar-refractivity contribution is 6.32. The third-order valence-electron chi connectivity index (χ3n) is 4.51. The Morgan fingerprint density at radius 1 is 1.25 bits per heavy atom. The highest BCUT2D eigenvalue weighted by Crippen LogP contribution is 2.38. The van der Waals surface area contributed by atoms with Crippen LogP contribution in [0.5, 0.6) is 11.5 Å². The van der Waals surface area contributed by atoms with E-state index >= 15 is 0 Å². The fourth-order valence-corrected chi connectivity index (χ4v) is 3.43. The van der Waals surface area contributed by atoms with Crippen molar-refractivity contribution in [3.05, 3.63) is 22.7 Å². The second-order valence-electron chi connectivity index (χ2n) is 6.79. The van der Waals surface area contributed by atoms with Gasteiger partial charge in [-0.15, -0.1) is 0 Å². The van der Waals surface area contributed by atoms with Crippen molar-refractivity contribution < 1.29 is 18.9 Å². The van der Waals surface area contributed by atoms with Crippen LogP contribution in [0.3, 0.4) is 0 Å². The molecule has 8 heteroatoms. The topological polar surface area (TPSA) is 73.3 Å². The number of halogens is 1. The minimum atomic E-state index is 0.282. The molecule has 0 radical (unpaired) electrons. The summed E-state index contributed by atoms with van der Waals surface area (Å²) in [4.78, 5) is 4.63. The molecule has 2 N–H and O–H groups in total. The van der Waals surface area contributed by atoms with Gasteiger partial charge in [-0.05, 0) is 43.9 Å². The summed E-state index contributed by atoms with van der Waals surface area (Å²) in [6.07, 6.45) is 3.45. The molecular weight excluding hydrogens is 382 g/mol. The average molecular weight is 412 g/mol. The van der Waals surface area contributed by atoms with E-state index in [2.05, 4.69) is 15.6 Å². The number of nitrogens with zero attached hydrogens (tertiary/aromatic N) is 1. The maximum absolute atomic E-state index is 6.30. The Morgan fingerprint density at radius 3 is 2.96 bits per heavy atom. The molecule has 156 valence electrons. The highest BCUT2D eigenvalue weighted by Gasteiger charge is 2.17. The number of nitrogens with one attached hydrogen (secondary N) is 2. The van der Waals surface area contributed by atoms with E-state index in [1.807, 2.05) is 19.1 Å². The van der Waals surface area contributed by atoms with E-state index in [9.17, 15) is 0 Å². The van der Waals surface area contributed by atoms with Crippen molar-refractivity contribution in [2.45, 2.75) is 38.8 Å². The quantitative estimate of drug-likeness (QED) is 0.370. The summed E-state index contributed by atoms with van der Waals surface area (Å²) in [5, 5.41) is 7.15. The van der Waals surface area contributed by atoms with Gasteiger partial charge in [0.25, 0.3) is 0 Å². The maximum atomic E-state index is 6.30. The van der Waals surface area contributed by atoms with Crippen LogP contribution in [0.2, 0.25) is 5.02 Å². The van der Waals surface area contributed by atoms with Gasteiger partial charge in [-0.3, -0.25) is 0 Å². The molecule has 0 aromatic heterocycles. The van der Waals surface area contributed by atoms with Crippen LogP contribution in [-0.4, -0.2) is 58.2 Å². The number of aliphatic imine (C=N–C) groups is 1. The Bertz CT molecular complexity index is 651. The lowest BCUT2D eigenvalue weighted by atomic mass is 10.2. The second kappa shape index (κ2) is 11.3. The van der Waals surface area contributed by atoms with E-state index < -0.39 is 0 Å². The molecular formula is C20H30ClN3O4. The van der Waals surface area contributed by atoms with E-state index in [-0.39, 0.29) is 6.10 Å². The highest BCUT2D eigenvalue weighted by atomic mass is 35.5. The van der Waals surface area contributed by atoms with Gasteiger partial charge in [0.15, 0.2) is 17.5 Å². The van der Waals surface area contributed by atoms with Gasteiger partial charge in [0.2, 0.25) is 0 Å². The summed E-state index contributed by atoms with van der Waals surface area (Å²) in [7, 11) is 0. The van der Waals surface area contributed by atoms with Crippen molar-refractivity contribution in [2.24, 2.45) is 4.99 Å². The summed E-state index contributed by atoms with van der Waals surface area (Å²) in [6, 6.07) is 3.81. The Kier molecular flexibility index (Phi) is 8.51. The number of hydrogen-bond acceptors (Lipinski definition) is 5.